The van der Waals surface area contributed by atoms with Gasteiger partial charge in [-0.15, -0.1) is 0 Å². The predicted molar refractivity (Wildman–Crippen MR) is 63.0 cm³/mol. The molecule has 0 unspecified atom stereocenters. The number of benzene rings is 1. The summed E-state index contributed by atoms with van der Waals surface area (Å²) in [6.45, 7) is -3.13. The molecule has 0 heterocycles. The van der Waals surface area contributed by atoms with E-state index in [-0.39, 0.29) is 10.2 Å². The molecule has 0 aliphatic carbocycles. The fraction of sp³-hybridized carbons (Fsp3) is 0.100. The summed E-state index contributed by atoms with van der Waals surface area (Å²) in [5.41, 5.74) is 1.31. The Labute approximate surface area is 114 Å². The molecule has 98 valence electrons. The van der Waals surface area contributed by atoms with Crippen LogP contribution >= 0.6 is 15.9 Å². The maximum atomic E-state index is 13.1. The van der Waals surface area contributed by atoms with E-state index in [9.17, 15) is 13.2 Å². The van der Waals surface area contributed by atoms with Crippen molar-refractivity contribution in [3.05, 3.63) is 22.4 Å². The second-order valence-electron chi connectivity index (χ2n) is 2.94. The van der Waals surface area contributed by atoms with Gasteiger partial charge in [-0.25, -0.2) is 4.39 Å². The zero-order valence-corrected chi connectivity index (χ0v) is 10.6. The molecule has 0 amide bonds. The molecule has 0 atom stereocenters. The Morgan fingerprint density at radius 2 is 2.00 bits per heavy atom. The summed E-state index contributed by atoms with van der Waals surface area (Å²) in [5.74, 6) is -1.14. The molecule has 19 heavy (non-hydrogen) atoms. The van der Waals surface area contributed by atoms with Crippen molar-refractivity contribution < 1.29 is 17.9 Å². The predicted octanol–water partition coefficient (Wildman–Crippen LogP) is 3.00. The monoisotopic (exact) mass is 332 g/mol. The van der Waals surface area contributed by atoms with E-state index in [1.807, 2.05) is 0 Å². The lowest BCUT2D eigenvalue weighted by Crippen LogP contribution is -2.06. The van der Waals surface area contributed by atoms with E-state index in [2.05, 4.69) is 31.2 Å². The second-order valence-corrected chi connectivity index (χ2v) is 3.79. The molecule has 1 aromatic rings. The van der Waals surface area contributed by atoms with Crippen molar-refractivity contribution in [2.75, 3.05) is 5.43 Å². The van der Waals surface area contributed by atoms with Crippen molar-refractivity contribution in [3.63, 3.8) is 0 Å². The summed E-state index contributed by atoms with van der Waals surface area (Å²) in [6.07, 6.45) is 0. The van der Waals surface area contributed by atoms with Gasteiger partial charge in [-0.3, -0.25) is 5.43 Å². The molecule has 0 radical (unpaired) electrons. The number of alkyl halides is 2. The molecule has 0 aromatic heterocycles. The van der Waals surface area contributed by atoms with Crippen LogP contribution in [0.1, 0.15) is 0 Å². The molecule has 1 aromatic carbocycles. The summed E-state index contributed by atoms with van der Waals surface area (Å²) in [5, 5.41) is 20.2. The Balaban J connectivity index is 3.15. The Hall–Kier alpha value is -2.26. The fourth-order valence-corrected chi connectivity index (χ4v) is 1.57. The molecule has 1 N–H and O–H groups in total. The first-order chi connectivity index (χ1) is 8.97. The standard InChI is InChI=1S/C10H4BrF3N4O/c11-7-1-5(12)2-8(9(7)19-10(13)14)18-17-6(3-15)4-16/h1-2,10,18H. The molecule has 9 heteroatoms. The van der Waals surface area contributed by atoms with E-state index < -0.39 is 23.9 Å². The molecule has 0 bridgehead atoms. The summed E-state index contributed by atoms with van der Waals surface area (Å²) in [7, 11) is 0. The molecule has 0 spiro atoms. The van der Waals surface area contributed by atoms with Gasteiger partial charge in [0.15, 0.2) is 5.75 Å². The van der Waals surface area contributed by atoms with E-state index in [1.54, 1.807) is 0 Å². The van der Waals surface area contributed by atoms with Crippen LogP contribution in [0.3, 0.4) is 0 Å². The lowest BCUT2D eigenvalue weighted by molar-refractivity contribution is -0.0499. The van der Waals surface area contributed by atoms with Gasteiger partial charge in [-0.1, -0.05) is 0 Å². The molecule has 5 nitrogen and oxygen atoms in total. The maximum absolute atomic E-state index is 13.1. The first kappa shape index (κ1) is 14.8. The van der Waals surface area contributed by atoms with Crippen LogP contribution in [0.5, 0.6) is 5.75 Å². The summed E-state index contributed by atoms with van der Waals surface area (Å²) >= 11 is 2.85. The average molecular weight is 333 g/mol. The number of rotatable bonds is 4. The van der Waals surface area contributed by atoms with Crippen molar-refractivity contribution in [2.45, 2.75) is 6.61 Å². The molecular weight excluding hydrogens is 329 g/mol. The first-order valence-electron chi connectivity index (χ1n) is 4.55. The third-order valence-electron chi connectivity index (χ3n) is 1.72. The van der Waals surface area contributed by atoms with Crippen LogP contribution in [0.4, 0.5) is 18.9 Å². The van der Waals surface area contributed by atoms with Gasteiger partial charge in [0, 0.05) is 6.07 Å². The quantitative estimate of drug-likeness (QED) is 0.678. The first-order valence-corrected chi connectivity index (χ1v) is 5.35. The maximum Gasteiger partial charge on any atom is 0.387 e. The number of nitriles is 2. The highest BCUT2D eigenvalue weighted by Gasteiger charge is 2.15. The Kier molecular flexibility index (Phi) is 5.15. The van der Waals surface area contributed by atoms with Gasteiger partial charge >= 0.3 is 6.61 Å². The van der Waals surface area contributed by atoms with Crippen LogP contribution in [-0.4, -0.2) is 12.3 Å². The molecule has 0 aliphatic rings. The number of ether oxygens (including phenoxy) is 1. The van der Waals surface area contributed by atoms with Gasteiger partial charge in [0.05, 0.1) is 4.47 Å². The lowest BCUT2D eigenvalue weighted by atomic mass is 10.3. The summed E-state index contributed by atoms with van der Waals surface area (Å²) in [4.78, 5) is 0. The van der Waals surface area contributed by atoms with Gasteiger partial charge in [-0.2, -0.15) is 24.4 Å². The Morgan fingerprint density at radius 3 is 2.53 bits per heavy atom. The Bertz CT molecular complexity index is 576. The number of hydrogen-bond donors (Lipinski definition) is 1. The van der Waals surface area contributed by atoms with E-state index in [4.69, 9.17) is 10.5 Å². The van der Waals surface area contributed by atoms with Gasteiger partial charge < -0.3 is 4.74 Å². The third kappa shape index (κ3) is 4.16. The van der Waals surface area contributed by atoms with E-state index in [0.717, 1.165) is 12.1 Å². The smallest absolute Gasteiger partial charge is 0.387 e. The van der Waals surface area contributed by atoms with Crippen LogP contribution in [0, 0.1) is 28.5 Å². The normalized spacial score (nSPS) is 9.42. The van der Waals surface area contributed by atoms with Crippen molar-refractivity contribution in [3.8, 4) is 17.9 Å². The topological polar surface area (TPSA) is 81.2 Å². The van der Waals surface area contributed by atoms with Crippen molar-refractivity contribution in [1.29, 1.82) is 10.5 Å². The highest BCUT2D eigenvalue weighted by Crippen LogP contribution is 2.35. The number of nitrogens with one attached hydrogen (secondary N) is 1. The van der Waals surface area contributed by atoms with Gasteiger partial charge in [0.25, 0.3) is 0 Å². The minimum atomic E-state index is -3.13. The number of anilines is 1. The Morgan fingerprint density at radius 1 is 1.37 bits per heavy atom. The van der Waals surface area contributed by atoms with E-state index >= 15 is 0 Å². The van der Waals surface area contributed by atoms with Crippen LogP contribution in [-0.2, 0) is 0 Å². The van der Waals surface area contributed by atoms with Gasteiger partial charge in [0.2, 0.25) is 5.71 Å². The zero-order valence-electron chi connectivity index (χ0n) is 8.99. The molecule has 0 saturated heterocycles. The number of hydrogen-bond acceptors (Lipinski definition) is 5. The number of halogens is 4. The largest absolute Gasteiger partial charge is 0.431 e. The van der Waals surface area contributed by atoms with Gasteiger partial charge in [0.1, 0.15) is 23.6 Å². The number of nitrogens with zero attached hydrogens (tertiary/aromatic N) is 3. The van der Waals surface area contributed by atoms with Crippen LogP contribution < -0.4 is 10.2 Å². The van der Waals surface area contributed by atoms with Crippen LogP contribution in [0.15, 0.2) is 21.7 Å². The van der Waals surface area contributed by atoms with E-state index in [1.165, 1.54) is 12.1 Å². The lowest BCUT2D eigenvalue weighted by Gasteiger charge is -2.12. The molecule has 0 aliphatic heterocycles. The average Bonchev–Trinajstić information content (AvgIpc) is 2.34. The third-order valence-corrected chi connectivity index (χ3v) is 2.30. The molecule has 0 fully saturated rings. The zero-order chi connectivity index (χ0) is 14.4. The van der Waals surface area contributed by atoms with E-state index in [0.29, 0.717) is 0 Å². The molecule has 1 rings (SSSR count). The van der Waals surface area contributed by atoms with Crippen LogP contribution in [0.25, 0.3) is 0 Å². The second kappa shape index (κ2) is 6.61. The minimum absolute atomic E-state index is 0.0686. The summed E-state index contributed by atoms with van der Waals surface area (Å²) in [6, 6.07) is 4.64. The minimum Gasteiger partial charge on any atom is -0.431 e. The van der Waals surface area contributed by atoms with Crippen molar-refractivity contribution >= 4 is 27.3 Å². The van der Waals surface area contributed by atoms with Crippen molar-refractivity contribution in [1.82, 2.24) is 0 Å². The van der Waals surface area contributed by atoms with Gasteiger partial charge in [-0.05, 0) is 22.0 Å². The summed E-state index contributed by atoms with van der Waals surface area (Å²) < 4.78 is 41.7. The SMILES string of the molecule is N#CC(C#N)=NNc1cc(F)cc(Br)c1OC(F)F. The molecule has 0 saturated carbocycles. The molecular formula is C10H4BrF3N4O. The van der Waals surface area contributed by atoms with Crippen LogP contribution in [0.2, 0.25) is 0 Å². The highest BCUT2D eigenvalue weighted by molar-refractivity contribution is 9.10. The fourth-order valence-electron chi connectivity index (χ4n) is 1.04. The number of hydrazone groups is 1. The van der Waals surface area contributed by atoms with Crippen molar-refractivity contribution in [2.24, 2.45) is 5.10 Å². The highest BCUT2D eigenvalue weighted by atomic mass is 79.9.